The molecule has 0 radical (unpaired) electrons. The highest BCUT2D eigenvalue weighted by Crippen LogP contribution is 2.39. The van der Waals surface area contributed by atoms with Crippen LogP contribution in [0, 0.1) is 0 Å². The summed E-state index contributed by atoms with van der Waals surface area (Å²) in [5.74, 6) is -1.20. The molecule has 186 valence electrons. The lowest BCUT2D eigenvalue weighted by Crippen LogP contribution is -2.35. The number of amides is 2. The molecule has 2 amide bonds. The first-order valence-corrected chi connectivity index (χ1v) is 11.4. The fourth-order valence-corrected chi connectivity index (χ4v) is 3.75. The molecule has 1 aliphatic heterocycles. The van der Waals surface area contributed by atoms with E-state index in [4.69, 9.17) is 15.2 Å². The van der Waals surface area contributed by atoms with Crippen molar-refractivity contribution in [1.29, 1.82) is 0 Å². The molecule has 35 heavy (non-hydrogen) atoms. The molecule has 0 spiro atoms. The summed E-state index contributed by atoms with van der Waals surface area (Å²) in [5.41, 5.74) is 6.17. The van der Waals surface area contributed by atoms with Crippen LogP contribution in [0.4, 0.5) is 0 Å². The van der Waals surface area contributed by atoms with Gasteiger partial charge in [0.15, 0.2) is 6.61 Å². The molecular weight excluding hydrogens is 450 g/mol. The standard InChI is InChI=1S/C26H31N3O6/c1-4-15-34-19-11-7-18(8-12-19)24(31)22-23(29(14-13-28(2)3)26(33)25(22)32)17-5-9-20(10-6-17)35-16-21(27)30/h5-12,23,31H,4,13-16H2,1-3H3,(H2,27,30). The van der Waals surface area contributed by atoms with E-state index >= 15 is 0 Å². The molecule has 1 unspecified atom stereocenters. The Balaban J connectivity index is 2.00. The normalized spacial score (nSPS) is 17.1. The van der Waals surface area contributed by atoms with Crippen LogP contribution in [0.25, 0.3) is 5.76 Å². The maximum absolute atomic E-state index is 13.1. The van der Waals surface area contributed by atoms with Crippen LogP contribution in [-0.4, -0.2) is 72.9 Å². The summed E-state index contributed by atoms with van der Waals surface area (Å²) < 4.78 is 10.9. The molecule has 9 heteroatoms. The minimum absolute atomic E-state index is 0.0155. The number of benzene rings is 2. The summed E-state index contributed by atoms with van der Waals surface area (Å²) in [6.07, 6.45) is 0.866. The molecule has 3 rings (SSSR count). The van der Waals surface area contributed by atoms with E-state index in [0.717, 1.165) is 6.42 Å². The molecule has 0 aromatic heterocycles. The SMILES string of the molecule is CCCOc1ccc(C(O)=C2C(=O)C(=O)N(CCN(C)C)C2c2ccc(OCC(N)=O)cc2)cc1. The molecular formula is C26H31N3O6. The number of aliphatic hydroxyl groups excluding tert-OH is 1. The van der Waals surface area contributed by atoms with E-state index in [-0.39, 0.29) is 17.9 Å². The van der Waals surface area contributed by atoms with Crippen molar-refractivity contribution in [2.24, 2.45) is 5.73 Å². The highest BCUT2D eigenvalue weighted by molar-refractivity contribution is 6.46. The lowest BCUT2D eigenvalue weighted by Gasteiger charge is -2.26. The van der Waals surface area contributed by atoms with Gasteiger partial charge in [0.05, 0.1) is 18.2 Å². The van der Waals surface area contributed by atoms with E-state index in [9.17, 15) is 19.5 Å². The van der Waals surface area contributed by atoms with Crippen molar-refractivity contribution < 1.29 is 29.0 Å². The summed E-state index contributed by atoms with van der Waals surface area (Å²) in [6.45, 7) is 3.14. The zero-order valence-electron chi connectivity index (χ0n) is 20.2. The van der Waals surface area contributed by atoms with E-state index in [0.29, 0.717) is 42.3 Å². The number of likely N-dealkylation sites (N-methyl/N-ethyl adjacent to an activating group) is 1. The number of aliphatic hydroxyl groups is 1. The summed E-state index contributed by atoms with van der Waals surface area (Å²) in [6, 6.07) is 12.6. The van der Waals surface area contributed by atoms with Gasteiger partial charge in [0, 0.05) is 18.7 Å². The largest absolute Gasteiger partial charge is 0.507 e. The number of ether oxygens (including phenoxy) is 2. The van der Waals surface area contributed by atoms with Crippen LogP contribution in [0.15, 0.2) is 54.1 Å². The zero-order valence-corrected chi connectivity index (χ0v) is 20.2. The van der Waals surface area contributed by atoms with Gasteiger partial charge in [0.2, 0.25) is 0 Å². The highest BCUT2D eigenvalue weighted by atomic mass is 16.5. The first-order valence-electron chi connectivity index (χ1n) is 11.4. The van der Waals surface area contributed by atoms with Gasteiger partial charge in [0.1, 0.15) is 17.3 Å². The quantitative estimate of drug-likeness (QED) is 0.287. The Hall–Kier alpha value is -3.85. The molecule has 1 fully saturated rings. The molecule has 2 aromatic carbocycles. The predicted molar refractivity (Wildman–Crippen MR) is 131 cm³/mol. The number of carbonyl (C=O) groups is 3. The Labute approximate surface area is 204 Å². The number of hydrogen-bond donors (Lipinski definition) is 2. The minimum atomic E-state index is -0.781. The predicted octanol–water partition coefficient (Wildman–Crippen LogP) is 2.32. The van der Waals surface area contributed by atoms with Crippen molar-refractivity contribution in [3.05, 3.63) is 65.2 Å². The monoisotopic (exact) mass is 481 g/mol. The number of hydrogen-bond acceptors (Lipinski definition) is 7. The van der Waals surface area contributed by atoms with Crippen LogP contribution in [0.3, 0.4) is 0 Å². The number of ketones is 1. The first kappa shape index (κ1) is 25.8. The average molecular weight is 482 g/mol. The van der Waals surface area contributed by atoms with E-state index in [1.165, 1.54) is 4.90 Å². The van der Waals surface area contributed by atoms with Crippen molar-refractivity contribution in [1.82, 2.24) is 9.80 Å². The number of nitrogens with two attached hydrogens (primary N) is 1. The Kier molecular flexibility index (Phi) is 8.48. The van der Waals surface area contributed by atoms with Gasteiger partial charge in [0.25, 0.3) is 17.6 Å². The van der Waals surface area contributed by atoms with Gasteiger partial charge in [-0.3, -0.25) is 14.4 Å². The van der Waals surface area contributed by atoms with Gasteiger partial charge >= 0.3 is 0 Å². The van der Waals surface area contributed by atoms with Crippen LogP contribution in [-0.2, 0) is 14.4 Å². The average Bonchev–Trinajstić information content (AvgIpc) is 3.10. The third kappa shape index (κ3) is 6.19. The molecule has 2 aromatic rings. The number of primary amides is 1. The highest BCUT2D eigenvalue weighted by Gasteiger charge is 2.45. The fraction of sp³-hybridized carbons (Fsp3) is 0.346. The molecule has 9 nitrogen and oxygen atoms in total. The summed E-state index contributed by atoms with van der Waals surface area (Å²) in [5, 5.41) is 11.2. The van der Waals surface area contributed by atoms with Crippen LogP contribution in [0.2, 0.25) is 0 Å². The van der Waals surface area contributed by atoms with E-state index in [1.807, 2.05) is 25.9 Å². The fourth-order valence-electron chi connectivity index (χ4n) is 3.75. The third-order valence-electron chi connectivity index (χ3n) is 5.51. The maximum Gasteiger partial charge on any atom is 0.295 e. The topological polar surface area (TPSA) is 122 Å². The summed E-state index contributed by atoms with van der Waals surface area (Å²) >= 11 is 0. The Morgan fingerprint density at radius 2 is 1.63 bits per heavy atom. The van der Waals surface area contributed by atoms with Crippen LogP contribution >= 0.6 is 0 Å². The van der Waals surface area contributed by atoms with Gasteiger partial charge in [-0.15, -0.1) is 0 Å². The molecule has 1 heterocycles. The Bertz CT molecular complexity index is 1090. The molecule has 0 bridgehead atoms. The maximum atomic E-state index is 13.1. The third-order valence-corrected chi connectivity index (χ3v) is 5.51. The number of likely N-dealkylation sites (tertiary alicyclic amines) is 1. The van der Waals surface area contributed by atoms with Crippen LogP contribution in [0.5, 0.6) is 11.5 Å². The lowest BCUT2D eigenvalue weighted by molar-refractivity contribution is -0.140. The molecule has 0 saturated carbocycles. The zero-order chi connectivity index (χ0) is 25.5. The second-order valence-corrected chi connectivity index (χ2v) is 8.49. The molecule has 1 aliphatic rings. The van der Waals surface area contributed by atoms with Gasteiger partial charge in [-0.2, -0.15) is 0 Å². The molecule has 0 aliphatic carbocycles. The first-order chi connectivity index (χ1) is 16.7. The summed E-state index contributed by atoms with van der Waals surface area (Å²) in [7, 11) is 3.75. The molecule has 3 N–H and O–H groups in total. The molecule has 1 saturated heterocycles. The number of Topliss-reactive ketones (excluding diaryl/α,β-unsaturated/α-hetero) is 1. The van der Waals surface area contributed by atoms with Crippen molar-refractivity contribution in [3.8, 4) is 11.5 Å². The van der Waals surface area contributed by atoms with Crippen LogP contribution < -0.4 is 15.2 Å². The number of nitrogens with zero attached hydrogens (tertiary/aromatic N) is 2. The van der Waals surface area contributed by atoms with Gasteiger partial charge in [-0.1, -0.05) is 19.1 Å². The second-order valence-electron chi connectivity index (χ2n) is 8.49. The van der Waals surface area contributed by atoms with Crippen molar-refractivity contribution >= 4 is 23.4 Å². The smallest absolute Gasteiger partial charge is 0.295 e. The Morgan fingerprint density at radius 3 is 2.20 bits per heavy atom. The van der Waals surface area contributed by atoms with Crippen molar-refractivity contribution in [2.45, 2.75) is 19.4 Å². The van der Waals surface area contributed by atoms with Gasteiger partial charge in [-0.25, -0.2) is 0 Å². The minimum Gasteiger partial charge on any atom is -0.507 e. The lowest BCUT2D eigenvalue weighted by atomic mass is 9.95. The number of carbonyl (C=O) groups excluding carboxylic acids is 3. The van der Waals surface area contributed by atoms with Crippen LogP contribution in [0.1, 0.15) is 30.5 Å². The van der Waals surface area contributed by atoms with E-state index in [2.05, 4.69) is 0 Å². The number of rotatable bonds is 11. The van der Waals surface area contributed by atoms with E-state index < -0.39 is 23.6 Å². The molecule has 1 atom stereocenters. The Morgan fingerprint density at radius 1 is 1.03 bits per heavy atom. The van der Waals surface area contributed by atoms with Crippen molar-refractivity contribution in [3.63, 3.8) is 0 Å². The second kappa shape index (κ2) is 11.5. The summed E-state index contributed by atoms with van der Waals surface area (Å²) in [4.78, 5) is 40.4. The van der Waals surface area contributed by atoms with Crippen molar-refractivity contribution in [2.75, 3.05) is 40.4 Å². The van der Waals surface area contributed by atoms with Gasteiger partial charge in [-0.05, 0) is 62.5 Å². The van der Waals surface area contributed by atoms with E-state index in [1.54, 1.807) is 48.5 Å². The van der Waals surface area contributed by atoms with Gasteiger partial charge < -0.3 is 30.1 Å².